The first-order valence-corrected chi connectivity index (χ1v) is 7.83. The zero-order valence-corrected chi connectivity index (χ0v) is 12.7. The van der Waals surface area contributed by atoms with Crippen molar-refractivity contribution < 1.29 is 0 Å². The van der Waals surface area contributed by atoms with Gasteiger partial charge in [0.25, 0.3) is 0 Å². The Bertz CT molecular complexity index is 554. The Kier molecular flexibility index (Phi) is 3.54. The highest BCUT2D eigenvalue weighted by atomic mass is 79.9. The molecule has 2 heterocycles. The number of hydrogen-bond acceptors (Lipinski definition) is 4. The highest BCUT2D eigenvalue weighted by Gasteiger charge is 2.20. The maximum absolute atomic E-state index is 4.61. The summed E-state index contributed by atoms with van der Waals surface area (Å²) in [5, 5.41) is 4.51. The van der Waals surface area contributed by atoms with Gasteiger partial charge >= 0.3 is 0 Å². The number of nitrogens with zero attached hydrogens (tertiary/aromatic N) is 2. The molecule has 18 heavy (non-hydrogen) atoms. The van der Waals surface area contributed by atoms with Crippen LogP contribution in [0.5, 0.6) is 0 Å². The molecule has 0 bridgehead atoms. The first-order valence-electron chi connectivity index (χ1n) is 6.22. The molecule has 1 aliphatic rings. The molecule has 1 saturated heterocycles. The Hall–Kier alpha value is -0.650. The number of benzene rings is 1. The fourth-order valence-electron chi connectivity index (χ4n) is 2.42. The Morgan fingerprint density at radius 1 is 1.56 bits per heavy atom. The lowest BCUT2D eigenvalue weighted by Crippen LogP contribution is -2.31. The lowest BCUT2D eigenvalue weighted by atomic mass is 10.2. The molecule has 1 atom stereocenters. The van der Waals surface area contributed by atoms with E-state index in [4.69, 9.17) is 0 Å². The minimum Gasteiger partial charge on any atom is -0.360 e. The summed E-state index contributed by atoms with van der Waals surface area (Å²) in [6, 6.07) is 6.88. The second kappa shape index (κ2) is 5.15. The summed E-state index contributed by atoms with van der Waals surface area (Å²) in [5.74, 6) is 0. The first-order chi connectivity index (χ1) is 8.72. The van der Waals surface area contributed by atoms with Crippen LogP contribution in [0.4, 0.5) is 5.13 Å². The molecule has 0 spiro atoms. The number of nitrogens with one attached hydrogen (secondary N) is 1. The van der Waals surface area contributed by atoms with E-state index in [1.165, 1.54) is 24.1 Å². The summed E-state index contributed by atoms with van der Waals surface area (Å²) in [7, 11) is 2.20. The van der Waals surface area contributed by atoms with Crippen LogP contribution in [-0.2, 0) is 0 Å². The van der Waals surface area contributed by atoms with Gasteiger partial charge in [0, 0.05) is 17.1 Å². The van der Waals surface area contributed by atoms with Gasteiger partial charge < -0.3 is 10.2 Å². The molecule has 1 unspecified atom stereocenters. The van der Waals surface area contributed by atoms with E-state index >= 15 is 0 Å². The summed E-state index contributed by atoms with van der Waals surface area (Å²) in [6.45, 7) is 2.22. The van der Waals surface area contributed by atoms with E-state index in [9.17, 15) is 0 Å². The van der Waals surface area contributed by atoms with Crippen molar-refractivity contribution in [2.45, 2.75) is 18.9 Å². The van der Waals surface area contributed by atoms with Crippen LogP contribution in [0.2, 0.25) is 0 Å². The van der Waals surface area contributed by atoms with Gasteiger partial charge in [0.2, 0.25) is 0 Å². The molecule has 5 heteroatoms. The largest absolute Gasteiger partial charge is 0.360 e. The molecule has 2 aromatic rings. The monoisotopic (exact) mass is 325 g/mol. The molecule has 0 amide bonds. The number of rotatable bonds is 3. The van der Waals surface area contributed by atoms with E-state index in [1.807, 2.05) is 6.07 Å². The first kappa shape index (κ1) is 12.4. The highest BCUT2D eigenvalue weighted by Crippen LogP contribution is 2.28. The van der Waals surface area contributed by atoms with Gasteiger partial charge in [-0.2, -0.15) is 0 Å². The minimum atomic E-state index is 0.656. The summed E-state index contributed by atoms with van der Waals surface area (Å²) >= 11 is 5.22. The van der Waals surface area contributed by atoms with Gasteiger partial charge in [0.1, 0.15) is 0 Å². The molecule has 96 valence electrons. The Morgan fingerprint density at radius 2 is 2.44 bits per heavy atom. The fraction of sp³-hybridized carbons (Fsp3) is 0.462. The van der Waals surface area contributed by atoms with E-state index in [1.54, 1.807) is 11.3 Å². The minimum absolute atomic E-state index is 0.656. The third-order valence-corrected chi connectivity index (χ3v) is 4.98. The van der Waals surface area contributed by atoms with E-state index in [0.29, 0.717) is 6.04 Å². The number of fused-ring (bicyclic) bond motifs is 1. The Balaban J connectivity index is 1.71. The third kappa shape index (κ3) is 2.53. The number of hydrogen-bond donors (Lipinski definition) is 1. The van der Waals surface area contributed by atoms with Gasteiger partial charge in [-0.05, 0) is 44.6 Å². The van der Waals surface area contributed by atoms with E-state index < -0.39 is 0 Å². The maximum Gasteiger partial charge on any atom is 0.183 e. The smallest absolute Gasteiger partial charge is 0.183 e. The second-order valence-corrected chi connectivity index (χ2v) is 6.73. The van der Waals surface area contributed by atoms with Crippen LogP contribution in [0.1, 0.15) is 12.8 Å². The number of thiazole rings is 1. The Morgan fingerprint density at radius 3 is 3.22 bits per heavy atom. The number of likely N-dealkylation sites (tertiary alicyclic amines) is 1. The summed E-state index contributed by atoms with van der Waals surface area (Å²) < 4.78 is 2.34. The molecule has 1 fully saturated rings. The second-order valence-electron chi connectivity index (χ2n) is 4.79. The molecule has 0 aliphatic carbocycles. The van der Waals surface area contributed by atoms with Gasteiger partial charge in [0.05, 0.1) is 10.2 Å². The van der Waals surface area contributed by atoms with Crippen molar-refractivity contribution in [1.29, 1.82) is 0 Å². The zero-order valence-electron chi connectivity index (χ0n) is 10.3. The van der Waals surface area contributed by atoms with E-state index in [0.717, 1.165) is 21.7 Å². The van der Waals surface area contributed by atoms with E-state index in [2.05, 4.69) is 50.3 Å². The van der Waals surface area contributed by atoms with Crippen molar-refractivity contribution in [3.63, 3.8) is 0 Å². The van der Waals surface area contributed by atoms with Crippen LogP contribution in [0.15, 0.2) is 22.7 Å². The molecule has 3 rings (SSSR count). The lowest BCUT2D eigenvalue weighted by molar-refractivity contribution is 0.322. The molecule has 1 aromatic heterocycles. The summed E-state index contributed by atoms with van der Waals surface area (Å²) in [5.41, 5.74) is 1.07. The van der Waals surface area contributed by atoms with Crippen LogP contribution < -0.4 is 5.32 Å². The standard InChI is InChI=1S/C13H16BrN3S/c1-17-6-2-3-10(17)8-15-13-16-11-5-4-9(14)7-12(11)18-13/h4-5,7,10H,2-3,6,8H2,1H3,(H,15,16). The average Bonchev–Trinajstić information content (AvgIpc) is 2.92. The lowest BCUT2D eigenvalue weighted by Gasteiger charge is -2.19. The van der Waals surface area contributed by atoms with Crippen molar-refractivity contribution in [2.75, 3.05) is 25.5 Å². The summed E-state index contributed by atoms with van der Waals surface area (Å²) in [4.78, 5) is 7.04. The fourth-order valence-corrected chi connectivity index (χ4v) is 3.84. The van der Waals surface area contributed by atoms with Crippen molar-refractivity contribution in [1.82, 2.24) is 9.88 Å². The predicted octanol–water partition coefficient (Wildman–Crippen LogP) is 3.56. The average molecular weight is 326 g/mol. The molecular weight excluding hydrogens is 310 g/mol. The molecule has 3 nitrogen and oxygen atoms in total. The predicted molar refractivity (Wildman–Crippen MR) is 81.5 cm³/mol. The molecule has 1 aliphatic heterocycles. The van der Waals surface area contributed by atoms with Crippen molar-refractivity contribution in [3.05, 3.63) is 22.7 Å². The SMILES string of the molecule is CN1CCCC1CNc1nc2ccc(Br)cc2s1. The van der Waals surface area contributed by atoms with Crippen molar-refractivity contribution in [2.24, 2.45) is 0 Å². The van der Waals surface area contributed by atoms with Crippen LogP contribution >= 0.6 is 27.3 Å². The normalized spacial score (nSPS) is 20.7. The number of halogens is 1. The Labute approximate surface area is 119 Å². The molecule has 0 saturated carbocycles. The van der Waals surface area contributed by atoms with Gasteiger partial charge in [-0.1, -0.05) is 27.3 Å². The van der Waals surface area contributed by atoms with E-state index in [-0.39, 0.29) is 0 Å². The number of aromatic nitrogens is 1. The summed E-state index contributed by atoms with van der Waals surface area (Å²) in [6.07, 6.45) is 2.61. The van der Waals surface area contributed by atoms with Gasteiger partial charge in [-0.3, -0.25) is 0 Å². The number of likely N-dealkylation sites (N-methyl/N-ethyl adjacent to an activating group) is 1. The molecule has 0 radical (unpaired) electrons. The zero-order chi connectivity index (χ0) is 12.5. The highest BCUT2D eigenvalue weighted by molar-refractivity contribution is 9.10. The van der Waals surface area contributed by atoms with Crippen LogP contribution in [-0.4, -0.2) is 36.1 Å². The van der Waals surface area contributed by atoms with Crippen LogP contribution in [0.3, 0.4) is 0 Å². The topological polar surface area (TPSA) is 28.2 Å². The molecular formula is C13H16BrN3S. The number of anilines is 1. The maximum atomic E-state index is 4.61. The quantitative estimate of drug-likeness (QED) is 0.935. The van der Waals surface area contributed by atoms with Crippen molar-refractivity contribution in [3.8, 4) is 0 Å². The molecule has 1 aromatic carbocycles. The third-order valence-electron chi connectivity index (χ3n) is 3.51. The van der Waals surface area contributed by atoms with Gasteiger partial charge in [0.15, 0.2) is 5.13 Å². The van der Waals surface area contributed by atoms with Crippen molar-refractivity contribution >= 4 is 42.6 Å². The van der Waals surface area contributed by atoms with Gasteiger partial charge in [-0.15, -0.1) is 0 Å². The van der Waals surface area contributed by atoms with Crippen LogP contribution in [0.25, 0.3) is 10.2 Å². The molecule has 1 N–H and O–H groups in total. The van der Waals surface area contributed by atoms with Gasteiger partial charge in [-0.25, -0.2) is 4.98 Å². The van der Waals surface area contributed by atoms with Crippen LogP contribution in [0, 0.1) is 0 Å².